The quantitative estimate of drug-likeness (QED) is 0.434. The van der Waals surface area contributed by atoms with Crippen LogP contribution in [-0.4, -0.2) is 11.1 Å². The van der Waals surface area contributed by atoms with Crippen molar-refractivity contribution in [2.24, 2.45) is 0 Å². The summed E-state index contributed by atoms with van der Waals surface area (Å²) >= 11 is 11.2. The van der Waals surface area contributed by atoms with E-state index in [-0.39, 0.29) is 5.78 Å². The van der Waals surface area contributed by atoms with E-state index < -0.39 is 0 Å². The highest BCUT2D eigenvalue weighted by molar-refractivity contribution is 14.1. The van der Waals surface area contributed by atoms with Gasteiger partial charge in [-0.1, -0.05) is 22.0 Å². The average Bonchev–Trinajstić information content (AvgIpc) is 2.17. The Hall–Kier alpha value is 0.390. The first-order chi connectivity index (χ1) is 6.69. The maximum Gasteiger partial charge on any atom is 0.164 e. The standard InChI is InChI=1S/C10H9BrClIO/c11-4-3-10(14)9-2-1-8(13)5-7(9)6-12/h1-2,5H,3-4,6H2. The topological polar surface area (TPSA) is 17.1 Å². The van der Waals surface area contributed by atoms with E-state index in [0.29, 0.717) is 17.6 Å². The molecular weight excluding hydrogens is 378 g/mol. The molecule has 0 saturated heterocycles. The maximum atomic E-state index is 11.6. The Morgan fingerprint density at radius 3 is 2.79 bits per heavy atom. The van der Waals surface area contributed by atoms with Crippen molar-refractivity contribution in [2.45, 2.75) is 12.3 Å². The summed E-state index contributed by atoms with van der Waals surface area (Å²) in [5.41, 5.74) is 1.67. The molecule has 0 N–H and O–H groups in total. The van der Waals surface area contributed by atoms with Crippen molar-refractivity contribution in [3.63, 3.8) is 0 Å². The Labute approximate surface area is 110 Å². The van der Waals surface area contributed by atoms with E-state index >= 15 is 0 Å². The first kappa shape index (κ1) is 12.5. The minimum atomic E-state index is 0.147. The lowest BCUT2D eigenvalue weighted by Gasteiger charge is -2.05. The van der Waals surface area contributed by atoms with Crippen LogP contribution in [0.25, 0.3) is 0 Å². The number of Topliss-reactive ketones (excluding diaryl/α,β-unsaturated/α-hetero) is 1. The Balaban J connectivity index is 3.01. The second-order valence-corrected chi connectivity index (χ2v) is 5.10. The summed E-state index contributed by atoms with van der Waals surface area (Å²) in [5.74, 6) is 0.536. The Bertz CT molecular complexity index is 341. The smallest absolute Gasteiger partial charge is 0.164 e. The molecule has 0 heterocycles. The number of rotatable bonds is 4. The lowest BCUT2D eigenvalue weighted by molar-refractivity contribution is 0.0989. The van der Waals surface area contributed by atoms with E-state index in [9.17, 15) is 4.79 Å². The fourth-order valence-electron chi connectivity index (χ4n) is 1.17. The van der Waals surface area contributed by atoms with Gasteiger partial charge in [-0.2, -0.15) is 0 Å². The van der Waals surface area contributed by atoms with Crippen LogP contribution in [0.1, 0.15) is 22.3 Å². The van der Waals surface area contributed by atoms with E-state index in [1.165, 1.54) is 0 Å². The molecule has 0 radical (unpaired) electrons. The zero-order valence-corrected chi connectivity index (χ0v) is 11.9. The van der Waals surface area contributed by atoms with Crippen molar-refractivity contribution >= 4 is 55.9 Å². The molecule has 0 aromatic heterocycles. The molecule has 0 aliphatic rings. The molecule has 1 nitrogen and oxygen atoms in total. The molecule has 0 aliphatic heterocycles. The zero-order valence-electron chi connectivity index (χ0n) is 7.40. The van der Waals surface area contributed by atoms with Crippen molar-refractivity contribution in [1.82, 2.24) is 0 Å². The molecule has 14 heavy (non-hydrogen) atoms. The fourth-order valence-corrected chi connectivity index (χ4v) is 2.30. The van der Waals surface area contributed by atoms with Crippen LogP contribution in [-0.2, 0) is 5.88 Å². The molecule has 0 saturated carbocycles. The van der Waals surface area contributed by atoms with Gasteiger partial charge in [-0.15, -0.1) is 11.6 Å². The normalized spacial score (nSPS) is 10.2. The van der Waals surface area contributed by atoms with Gasteiger partial charge in [-0.05, 0) is 40.3 Å². The number of ketones is 1. The van der Waals surface area contributed by atoms with Crippen LogP contribution in [0.15, 0.2) is 18.2 Å². The number of hydrogen-bond donors (Lipinski definition) is 0. The summed E-state index contributed by atoms with van der Waals surface area (Å²) < 4.78 is 1.11. The average molecular weight is 387 g/mol. The molecule has 0 fully saturated rings. The summed E-state index contributed by atoms with van der Waals surface area (Å²) in [4.78, 5) is 11.6. The maximum absolute atomic E-state index is 11.6. The van der Waals surface area contributed by atoms with Gasteiger partial charge in [0.25, 0.3) is 0 Å². The largest absolute Gasteiger partial charge is 0.294 e. The van der Waals surface area contributed by atoms with Gasteiger partial charge in [0.15, 0.2) is 5.78 Å². The molecule has 0 spiro atoms. The molecule has 1 aromatic carbocycles. The zero-order chi connectivity index (χ0) is 10.6. The van der Waals surface area contributed by atoms with Gasteiger partial charge in [0.05, 0.1) is 0 Å². The van der Waals surface area contributed by atoms with Gasteiger partial charge in [0.1, 0.15) is 0 Å². The first-order valence-electron chi connectivity index (χ1n) is 4.12. The van der Waals surface area contributed by atoms with Gasteiger partial charge < -0.3 is 0 Å². The monoisotopic (exact) mass is 386 g/mol. The first-order valence-corrected chi connectivity index (χ1v) is 6.86. The molecule has 0 aliphatic carbocycles. The second-order valence-electron chi connectivity index (χ2n) is 2.80. The Morgan fingerprint density at radius 1 is 1.50 bits per heavy atom. The lowest BCUT2D eigenvalue weighted by atomic mass is 10.0. The van der Waals surface area contributed by atoms with Crippen molar-refractivity contribution in [3.05, 3.63) is 32.9 Å². The third-order valence-corrected chi connectivity index (χ3v) is 3.19. The molecule has 1 rings (SSSR count). The van der Waals surface area contributed by atoms with Crippen LogP contribution >= 0.6 is 50.1 Å². The summed E-state index contributed by atoms with van der Waals surface area (Å²) in [6.45, 7) is 0. The minimum Gasteiger partial charge on any atom is -0.294 e. The van der Waals surface area contributed by atoms with Crippen LogP contribution in [0.5, 0.6) is 0 Å². The predicted octanol–water partition coefficient (Wildman–Crippen LogP) is 4.00. The third-order valence-electron chi connectivity index (χ3n) is 1.83. The summed E-state index contributed by atoms with van der Waals surface area (Å²) in [6.07, 6.45) is 0.518. The molecule has 0 unspecified atom stereocenters. The van der Waals surface area contributed by atoms with Crippen molar-refractivity contribution in [2.75, 3.05) is 5.33 Å². The SMILES string of the molecule is O=C(CCBr)c1ccc(I)cc1CCl. The molecule has 76 valence electrons. The molecule has 0 bridgehead atoms. The summed E-state index contributed by atoms with van der Waals surface area (Å²) in [5, 5.41) is 0.694. The predicted molar refractivity (Wildman–Crippen MR) is 71.5 cm³/mol. The van der Waals surface area contributed by atoms with Gasteiger partial charge >= 0.3 is 0 Å². The van der Waals surface area contributed by atoms with E-state index in [1.54, 1.807) is 0 Å². The number of benzene rings is 1. The number of alkyl halides is 2. The van der Waals surface area contributed by atoms with E-state index in [2.05, 4.69) is 38.5 Å². The molecule has 1 aromatic rings. The van der Waals surface area contributed by atoms with Gasteiger partial charge in [-0.25, -0.2) is 0 Å². The van der Waals surface area contributed by atoms with Crippen molar-refractivity contribution in [1.29, 1.82) is 0 Å². The summed E-state index contributed by atoms with van der Waals surface area (Å²) in [6, 6.07) is 5.73. The highest BCUT2D eigenvalue weighted by Crippen LogP contribution is 2.17. The van der Waals surface area contributed by atoms with Gasteiger partial charge in [0.2, 0.25) is 0 Å². The number of carbonyl (C=O) groups excluding carboxylic acids is 1. The van der Waals surface area contributed by atoms with Crippen molar-refractivity contribution < 1.29 is 4.79 Å². The summed E-state index contributed by atoms with van der Waals surface area (Å²) in [7, 11) is 0. The van der Waals surface area contributed by atoms with Crippen LogP contribution in [0, 0.1) is 3.57 Å². The fraction of sp³-hybridized carbons (Fsp3) is 0.300. The second kappa shape index (κ2) is 6.08. The Morgan fingerprint density at radius 2 is 2.21 bits per heavy atom. The number of carbonyl (C=O) groups is 1. The van der Waals surface area contributed by atoms with Crippen molar-refractivity contribution in [3.8, 4) is 0 Å². The molecular formula is C10H9BrClIO. The lowest BCUT2D eigenvalue weighted by Crippen LogP contribution is -2.03. The molecule has 4 heteroatoms. The van der Waals surface area contributed by atoms with Crippen LogP contribution in [0.3, 0.4) is 0 Å². The van der Waals surface area contributed by atoms with Crippen LogP contribution < -0.4 is 0 Å². The third kappa shape index (κ3) is 3.21. The number of hydrogen-bond acceptors (Lipinski definition) is 1. The van der Waals surface area contributed by atoms with Gasteiger partial charge in [-0.3, -0.25) is 4.79 Å². The van der Waals surface area contributed by atoms with Gasteiger partial charge in [0, 0.05) is 26.8 Å². The molecule has 0 atom stereocenters. The van der Waals surface area contributed by atoms with Crippen LogP contribution in [0.2, 0.25) is 0 Å². The van der Waals surface area contributed by atoms with E-state index in [1.807, 2.05) is 18.2 Å². The van der Waals surface area contributed by atoms with Crippen LogP contribution in [0.4, 0.5) is 0 Å². The highest BCUT2D eigenvalue weighted by atomic mass is 127. The number of halogens is 3. The highest BCUT2D eigenvalue weighted by Gasteiger charge is 2.10. The Kier molecular flexibility index (Phi) is 5.41. The minimum absolute atomic E-state index is 0.147. The van der Waals surface area contributed by atoms with E-state index in [0.717, 1.165) is 14.7 Å². The molecule has 0 amide bonds. The van der Waals surface area contributed by atoms with E-state index in [4.69, 9.17) is 11.6 Å².